The van der Waals surface area contributed by atoms with Crippen LogP contribution in [-0.2, 0) is 19.1 Å². The second-order valence-corrected chi connectivity index (χ2v) is 3.71. The van der Waals surface area contributed by atoms with Crippen molar-refractivity contribution in [3.05, 3.63) is 24.3 Å². The lowest BCUT2D eigenvalue weighted by Crippen LogP contribution is -2.11. The van der Waals surface area contributed by atoms with Gasteiger partial charge in [0.05, 0.1) is 12.5 Å². The number of ether oxygens (including phenoxy) is 1. The number of aliphatic carboxylic acids is 2. The third-order valence-electron chi connectivity index (χ3n) is 1.36. The Morgan fingerprint density at radius 3 is 1.72 bits per heavy atom. The van der Waals surface area contributed by atoms with Crippen LogP contribution in [0.1, 0.15) is 27.2 Å². The molecular formula is C12H18O6. The highest BCUT2D eigenvalue weighted by Gasteiger charge is 2.07. The first kappa shape index (κ1) is 18.3. The van der Waals surface area contributed by atoms with Crippen molar-refractivity contribution in [2.75, 3.05) is 0 Å². The molecule has 0 amide bonds. The molecule has 0 atom stereocenters. The Bertz CT molecular complexity index is 354. The van der Waals surface area contributed by atoms with E-state index in [9.17, 15) is 14.4 Å². The molecule has 6 nitrogen and oxygen atoms in total. The van der Waals surface area contributed by atoms with E-state index >= 15 is 0 Å². The minimum atomic E-state index is -1.27. The van der Waals surface area contributed by atoms with E-state index in [0.717, 1.165) is 0 Å². The highest BCUT2D eigenvalue weighted by Crippen LogP contribution is 1.96. The minimum Gasteiger partial charge on any atom is -0.481 e. The highest BCUT2D eigenvalue weighted by molar-refractivity contribution is 5.91. The van der Waals surface area contributed by atoms with Crippen LogP contribution in [-0.4, -0.2) is 34.2 Å². The molecule has 0 aromatic carbocycles. The molecule has 0 aliphatic carbocycles. The van der Waals surface area contributed by atoms with Crippen LogP contribution in [0, 0.1) is 0 Å². The van der Waals surface area contributed by atoms with Gasteiger partial charge >= 0.3 is 17.9 Å². The van der Waals surface area contributed by atoms with Crippen molar-refractivity contribution >= 4 is 17.9 Å². The fraction of sp³-hybridized carbons (Fsp3) is 0.417. The first-order valence-electron chi connectivity index (χ1n) is 5.07. The molecule has 0 rings (SSSR count). The first-order chi connectivity index (χ1) is 8.07. The molecule has 2 N–H and O–H groups in total. The zero-order chi connectivity index (χ0) is 14.9. The third kappa shape index (κ3) is 12.0. The molecule has 0 heterocycles. The Kier molecular flexibility index (Phi) is 9.11. The van der Waals surface area contributed by atoms with Crippen LogP contribution >= 0.6 is 0 Å². The Labute approximate surface area is 106 Å². The lowest BCUT2D eigenvalue weighted by molar-refractivity contribution is -0.142. The fourth-order valence-electron chi connectivity index (χ4n) is 0.573. The van der Waals surface area contributed by atoms with Gasteiger partial charge in [-0.1, -0.05) is 13.2 Å². The molecule has 6 heteroatoms. The zero-order valence-corrected chi connectivity index (χ0v) is 10.7. The van der Waals surface area contributed by atoms with Crippen LogP contribution in [0.15, 0.2) is 24.3 Å². The van der Waals surface area contributed by atoms with Crippen LogP contribution in [0.5, 0.6) is 0 Å². The van der Waals surface area contributed by atoms with Crippen molar-refractivity contribution in [1.82, 2.24) is 0 Å². The van der Waals surface area contributed by atoms with Crippen LogP contribution in [0.2, 0.25) is 0 Å². The third-order valence-corrected chi connectivity index (χ3v) is 1.36. The molecule has 0 fully saturated rings. The smallest absolute Gasteiger partial charge is 0.333 e. The van der Waals surface area contributed by atoms with Gasteiger partial charge in [0, 0.05) is 11.1 Å². The number of hydrogen-bond acceptors (Lipinski definition) is 4. The van der Waals surface area contributed by atoms with Crippen molar-refractivity contribution in [2.45, 2.75) is 33.3 Å². The number of carboxylic acid groups (broad SMARTS) is 2. The summed E-state index contributed by atoms with van der Waals surface area (Å²) in [6.07, 6.45) is -0.552. The van der Waals surface area contributed by atoms with E-state index < -0.39 is 18.4 Å². The maximum atomic E-state index is 10.6. The lowest BCUT2D eigenvalue weighted by atomic mass is 10.2. The average molecular weight is 258 g/mol. The molecule has 102 valence electrons. The summed E-state index contributed by atoms with van der Waals surface area (Å²) in [5, 5.41) is 16.1. The fourth-order valence-corrected chi connectivity index (χ4v) is 0.573. The van der Waals surface area contributed by atoms with Gasteiger partial charge in [-0.05, 0) is 20.8 Å². The van der Waals surface area contributed by atoms with Crippen LogP contribution in [0.25, 0.3) is 0 Å². The number of esters is 1. The van der Waals surface area contributed by atoms with E-state index in [4.69, 9.17) is 14.9 Å². The van der Waals surface area contributed by atoms with Gasteiger partial charge in [-0.25, -0.2) is 9.59 Å². The molecule has 0 aromatic heterocycles. The molecule has 0 radical (unpaired) electrons. The van der Waals surface area contributed by atoms with Crippen LogP contribution < -0.4 is 0 Å². The summed E-state index contributed by atoms with van der Waals surface area (Å²) in [7, 11) is 0. The Hall–Kier alpha value is -2.11. The number of carbonyl (C=O) groups is 3. The zero-order valence-electron chi connectivity index (χ0n) is 10.7. The van der Waals surface area contributed by atoms with Gasteiger partial charge in [0.1, 0.15) is 0 Å². The van der Waals surface area contributed by atoms with E-state index in [-0.39, 0.29) is 17.6 Å². The number of carbonyl (C=O) groups excluding carboxylic acids is 1. The maximum Gasteiger partial charge on any atom is 0.333 e. The number of carboxylic acids is 2. The predicted molar refractivity (Wildman–Crippen MR) is 65.1 cm³/mol. The maximum absolute atomic E-state index is 10.6. The van der Waals surface area contributed by atoms with Gasteiger partial charge in [-0.15, -0.1) is 0 Å². The number of rotatable bonds is 5. The van der Waals surface area contributed by atoms with Crippen molar-refractivity contribution < 1.29 is 29.3 Å². The van der Waals surface area contributed by atoms with E-state index in [0.29, 0.717) is 5.57 Å². The molecule has 0 saturated heterocycles. The van der Waals surface area contributed by atoms with Gasteiger partial charge in [-0.3, -0.25) is 4.79 Å². The summed E-state index contributed by atoms with van der Waals surface area (Å²) < 4.78 is 4.77. The lowest BCUT2D eigenvalue weighted by Gasteiger charge is -2.05. The summed E-state index contributed by atoms with van der Waals surface area (Å²) >= 11 is 0. The monoisotopic (exact) mass is 258 g/mol. The number of hydrogen-bond donors (Lipinski definition) is 2. The average Bonchev–Trinajstić information content (AvgIpc) is 2.16. The molecule has 0 aromatic rings. The van der Waals surface area contributed by atoms with Gasteiger partial charge in [-0.2, -0.15) is 0 Å². The van der Waals surface area contributed by atoms with Gasteiger partial charge < -0.3 is 14.9 Å². The summed E-state index contributed by atoms with van der Waals surface area (Å²) in [4.78, 5) is 30.3. The molecule has 0 unspecified atom stereocenters. The SMILES string of the molecule is C=C(C)C(=O)OC(C)C.C=C(CC(=O)O)C(=O)O. The van der Waals surface area contributed by atoms with Crippen molar-refractivity contribution in [3.63, 3.8) is 0 Å². The largest absolute Gasteiger partial charge is 0.481 e. The highest BCUT2D eigenvalue weighted by atomic mass is 16.5. The summed E-state index contributed by atoms with van der Waals surface area (Å²) in [5.41, 5.74) is 0.145. The van der Waals surface area contributed by atoms with Crippen molar-refractivity contribution in [1.29, 1.82) is 0 Å². The molecule has 0 bridgehead atoms. The summed E-state index contributed by atoms with van der Waals surface area (Å²) in [6, 6.07) is 0. The second kappa shape index (κ2) is 8.98. The van der Waals surface area contributed by atoms with Gasteiger partial charge in [0.2, 0.25) is 0 Å². The van der Waals surface area contributed by atoms with E-state index in [1.165, 1.54) is 0 Å². The predicted octanol–water partition coefficient (Wildman–Crippen LogP) is 1.62. The normalized spacial score (nSPS) is 8.89. The van der Waals surface area contributed by atoms with E-state index in [1.807, 2.05) is 0 Å². The van der Waals surface area contributed by atoms with E-state index in [1.54, 1.807) is 20.8 Å². The Balaban J connectivity index is 0. The van der Waals surface area contributed by atoms with Crippen LogP contribution in [0.4, 0.5) is 0 Å². The van der Waals surface area contributed by atoms with E-state index in [2.05, 4.69) is 13.2 Å². The summed E-state index contributed by atoms with van der Waals surface area (Å²) in [5.74, 6) is -2.76. The van der Waals surface area contributed by atoms with Gasteiger partial charge in [0.15, 0.2) is 0 Å². The second-order valence-electron chi connectivity index (χ2n) is 3.71. The Morgan fingerprint density at radius 2 is 1.61 bits per heavy atom. The van der Waals surface area contributed by atoms with Gasteiger partial charge in [0.25, 0.3) is 0 Å². The molecule has 0 spiro atoms. The standard InChI is InChI=1S/C7H12O2.C5H6O4/c1-5(2)7(8)9-6(3)4;1-3(5(8)9)2-4(6)7/h6H,1H2,2-4H3;1-2H2,(H,6,7)(H,8,9). The molecular weight excluding hydrogens is 240 g/mol. The topological polar surface area (TPSA) is 101 Å². The molecule has 0 aliphatic rings. The van der Waals surface area contributed by atoms with Crippen LogP contribution in [0.3, 0.4) is 0 Å². The minimum absolute atomic E-state index is 0.0470. The molecule has 18 heavy (non-hydrogen) atoms. The summed E-state index contributed by atoms with van der Waals surface area (Å²) in [6.45, 7) is 11.7. The Morgan fingerprint density at radius 1 is 1.17 bits per heavy atom. The molecule has 0 saturated carbocycles. The van der Waals surface area contributed by atoms with Crippen molar-refractivity contribution in [3.8, 4) is 0 Å². The molecule has 0 aliphatic heterocycles. The first-order valence-corrected chi connectivity index (χ1v) is 5.07. The quantitative estimate of drug-likeness (QED) is 0.574. The van der Waals surface area contributed by atoms with Crippen molar-refractivity contribution in [2.24, 2.45) is 0 Å².